The number of halogens is 1. The quantitative estimate of drug-likeness (QED) is 0.749. The molecule has 17 heavy (non-hydrogen) atoms. The van der Waals surface area contributed by atoms with Crippen LogP contribution >= 0.6 is 0 Å². The van der Waals surface area contributed by atoms with Gasteiger partial charge in [-0.3, -0.25) is 4.79 Å². The van der Waals surface area contributed by atoms with Crippen molar-refractivity contribution in [3.05, 3.63) is 29.6 Å². The lowest BCUT2D eigenvalue weighted by Gasteiger charge is -2.29. The second-order valence-electron chi connectivity index (χ2n) is 4.69. The molecule has 0 N–H and O–H groups in total. The number of benzene rings is 1. The Labute approximate surface area is 101 Å². The highest BCUT2D eigenvalue weighted by Crippen LogP contribution is 2.30. The Morgan fingerprint density at radius 2 is 2.12 bits per heavy atom. The second-order valence-corrected chi connectivity index (χ2v) is 4.69. The van der Waals surface area contributed by atoms with Crippen molar-refractivity contribution in [2.45, 2.75) is 38.7 Å². The summed E-state index contributed by atoms with van der Waals surface area (Å²) in [5, 5.41) is 0. The molecule has 1 aliphatic rings. The van der Waals surface area contributed by atoms with E-state index in [9.17, 15) is 9.18 Å². The van der Waals surface area contributed by atoms with Crippen LogP contribution in [0.1, 0.15) is 43.0 Å². The number of carbonyl (C=O) groups excluding carboxylic acids is 1. The predicted molar refractivity (Wildman–Crippen MR) is 63.8 cm³/mol. The Hall–Kier alpha value is -1.38. The van der Waals surface area contributed by atoms with Crippen molar-refractivity contribution in [1.29, 1.82) is 0 Å². The summed E-state index contributed by atoms with van der Waals surface area (Å²) in [6, 6.07) is 4.44. The zero-order valence-electron chi connectivity index (χ0n) is 9.99. The Morgan fingerprint density at radius 1 is 1.35 bits per heavy atom. The van der Waals surface area contributed by atoms with E-state index in [1.54, 1.807) is 6.07 Å². The summed E-state index contributed by atoms with van der Waals surface area (Å²) in [7, 11) is 0. The minimum absolute atomic E-state index is 0.0272. The lowest BCUT2D eigenvalue weighted by Crippen LogP contribution is -2.29. The van der Waals surface area contributed by atoms with E-state index in [-0.39, 0.29) is 11.9 Å². The van der Waals surface area contributed by atoms with Gasteiger partial charge < -0.3 is 4.74 Å². The first kappa shape index (κ1) is 12.1. The predicted octanol–water partition coefficient (Wildman–Crippen LogP) is 3.60. The SMILES string of the molecule is CC1CCCCC1Oc1c(F)cccc1C=O. The van der Waals surface area contributed by atoms with Gasteiger partial charge in [0.25, 0.3) is 0 Å². The van der Waals surface area contributed by atoms with Gasteiger partial charge in [0.15, 0.2) is 17.9 Å². The number of aldehydes is 1. The van der Waals surface area contributed by atoms with Gasteiger partial charge in [0.05, 0.1) is 5.56 Å². The van der Waals surface area contributed by atoms with E-state index < -0.39 is 5.82 Å². The molecule has 0 spiro atoms. The molecule has 2 unspecified atom stereocenters. The molecule has 1 fully saturated rings. The third-order valence-corrected chi connectivity index (χ3v) is 3.43. The molecule has 2 rings (SSSR count). The van der Waals surface area contributed by atoms with Crippen LogP contribution in [-0.2, 0) is 0 Å². The molecule has 92 valence electrons. The zero-order chi connectivity index (χ0) is 12.3. The maximum Gasteiger partial charge on any atom is 0.165 e. The van der Waals surface area contributed by atoms with Gasteiger partial charge in [-0.25, -0.2) is 4.39 Å². The Balaban J connectivity index is 2.19. The molecule has 0 aromatic heterocycles. The van der Waals surface area contributed by atoms with Crippen molar-refractivity contribution in [2.24, 2.45) is 5.92 Å². The molecule has 0 bridgehead atoms. The second kappa shape index (κ2) is 5.30. The van der Waals surface area contributed by atoms with Gasteiger partial charge in [0.1, 0.15) is 6.10 Å². The molecule has 0 radical (unpaired) electrons. The van der Waals surface area contributed by atoms with Gasteiger partial charge in [-0.1, -0.05) is 19.4 Å². The van der Waals surface area contributed by atoms with Gasteiger partial charge in [0, 0.05) is 0 Å². The molecule has 1 aliphatic carbocycles. The third-order valence-electron chi connectivity index (χ3n) is 3.43. The maximum absolute atomic E-state index is 13.6. The average molecular weight is 236 g/mol. The van der Waals surface area contributed by atoms with Crippen LogP contribution in [0.25, 0.3) is 0 Å². The largest absolute Gasteiger partial charge is 0.486 e. The lowest BCUT2D eigenvalue weighted by atomic mass is 9.88. The summed E-state index contributed by atoms with van der Waals surface area (Å²) >= 11 is 0. The molecule has 1 aromatic rings. The van der Waals surface area contributed by atoms with Gasteiger partial charge in [-0.2, -0.15) is 0 Å². The fourth-order valence-corrected chi connectivity index (χ4v) is 2.35. The molecule has 2 nitrogen and oxygen atoms in total. The van der Waals surface area contributed by atoms with E-state index in [1.165, 1.54) is 18.6 Å². The van der Waals surface area contributed by atoms with Crippen molar-refractivity contribution >= 4 is 6.29 Å². The zero-order valence-corrected chi connectivity index (χ0v) is 9.99. The molecular weight excluding hydrogens is 219 g/mol. The molecule has 1 aromatic carbocycles. The summed E-state index contributed by atoms with van der Waals surface area (Å²) in [5.41, 5.74) is 0.294. The number of para-hydroxylation sites is 1. The van der Waals surface area contributed by atoms with Crippen molar-refractivity contribution in [1.82, 2.24) is 0 Å². The van der Waals surface area contributed by atoms with Gasteiger partial charge in [-0.15, -0.1) is 0 Å². The van der Waals surface area contributed by atoms with Gasteiger partial charge in [0.2, 0.25) is 0 Å². The van der Waals surface area contributed by atoms with Crippen molar-refractivity contribution in [3.8, 4) is 5.75 Å². The summed E-state index contributed by atoms with van der Waals surface area (Å²) in [6.07, 6.45) is 5.04. The lowest BCUT2D eigenvalue weighted by molar-refractivity contribution is 0.0947. The topological polar surface area (TPSA) is 26.3 Å². The summed E-state index contributed by atoms with van der Waals surface area (Å²) in [6.45, 7) is 2.12. The van der Waals surface area contributed by atoms with Crippen LogP contribution in [-0.4, -0.2) is 12.4 Å². The summed E-state index contributed by atoms with van der Waals surface area (Å²) < 4.78 is 19.3. The fraction of sp³-hybridized carbons (Fsp3) is 0.500. The monoisotopic (exact) mass is 236 g/mol. The highest BCUT2D eigenvalue weighted by atomic mass is 19.1. The number of hydrogen-bond acceptors (Lipinski definition) is 2. The van der Waals surface area contributed by atoms with E-state index in [1.807, 2.05) is 0 Å². The Bertz CT molecular complexity index is 403. The highest BCUT2D eigenvalue weighted by molar-refractivity contribution is 5.79. The smallest absolute Gasteiger partial charge is 0.165 e. The van der Waals surface area contributed by atoms with E-state index in [4.69, 9.17) is 4.74 Å². The fourth-order valence-electron chi connectivity index (χ4n) is 2.35. The summed E-state index contributed by atoms with van der Waals surface area (Å²) in [4.78, 5) is 10.9. The minimum Gasteiger partial charge on any atom is -0.486 e. The molecule has 2 atom stereocenters. The first-order chi connectivity index (χ1) is 8.22. The van der Waals surface area contributed by atoms with Crippen LogP contribution in [0.5, 0.6) is 5.75 Å². The van der Waals surface area contributed by atoms with Crippen LogP contribution < -0.4 is 4.74 Å². The minimum atomic E-state index is -0.452. The summed E-state index contributed by atoms with van der Waals surface area (Å²) in [5.74, 6) is 0.0801. The van der Waals surface area contributed by atoms with E-state index in [0.717, 1.165) is 19.3 Å². The van der Waals surface area contributed by atoms with Crippen molar-refractivity contribution in [2.75, 3.05) is 0 Å². The van der Waals surface area contributed by atoms with Crippen LogP contribution in [0.3, 0.4) is 0 Å². The van der Waals surface area contributed by atoms with Crippen molar-refractivity contribution < 1.29 is 13.9 Å². The third kappa shape index (κ3) is 2.65. The number of hydrogen-bond donors (Lipinski definition) is 0. The molecule has 0 amide bonds. The molecular formula is C14H17FO2. The van der Waals surface area contributed by atoms with Crippen LogP contribution in [0.15, 0.2) is 18.2 Å². The van der Waals surface area contributed by atoms with E-state index >= 15 is 0 Å². The van der Waals surface area contributed by atoms with Crippen molar-refractivity contribution in [3.63, 3.8) is 0 Å². The van der Waals surface area contributed by atoms with Crippen LogP contribution in [0, 0.1) is 11.7 Å². The van der Waals surface area contributed by atoms with E-state index in [2.05, 4.69) is 6.92 Å². The van der Waals surface area contributed by atoms with Gasteiger partial charge >= 0.3 is 0 Å². The standard InChI is InChI=1S/C14H17FO2/c1-10-5-2-3-8-13(10)17-14-11(9-16)6-4-7-12(14)15/h4,6-7,9-10,13H,2-3,5,8H2,1H3. The average Bonchev–Trinajstić information content (AvgIpc) is 2.34. The number of ether oxygens (including phenoxy) is 1. The molecule has 0 heterocycles. The first-order valence-electron chi connectivity index (χ1n) is 6.12. The molecule has 0 saturated heterocycles. The number of carbonyl (C=O) groups is 1. The number of rotatable bonds is 3. The highest BCUT2D eigenvalue weighted by Gasteiger charge is 2.24. The first-order valence-corrected chi connectivity index (χ1v) is 6.12. The molecule has 1 saturated carbocycles. The Kier molecular flexibility index (Phi) is 3.77. The molecule has 3 heteroatoms. The normalized spacial score (nSPS) is 24.4. The molecule has 0 aliphatic heterocycles. The Morgan fingerprint density at radius 3 is 2.82 bits per heavy atom. The maximum atomic E-state index is 13.6. The van der Waals surface area contributed by atoms with Crippen LogP contribution in [0.4, 0.5) is 4.39 Å². The van der Waals surface area contributed by atoms with Crippen LogP contribution in [0.2, 0.25) is 0 Å². The van der Waals surface area contributed by atoms with E-state index in [0.29, 0.717) is 17.8 Å². The van der Waals surface area contributed by atoms with Gasteiger partial charge in [-0.05, 0) is 37.3 Å².